The lowest BCUT2D eigenvalue weighted by atomic mass is 9.85. The molecule has 1 aliphatic rings. The zero-order valence-electron chi connectivity index (χ0n) is 8.88. The summed E-state index contributed by atoms with van der Waals surface area (Å²) in [4.78, 5) is 0. The molecule has 0 unspecified atom stereocenters. The molecule has 0 aromatic heterocycles. The smallest absolute Gasteiger partial charge is 0.118 e. The summed E-state index contributed by atoms with van der Waals surface area (Å²) in [5.74, 6) is 1.22. The summed E-state index contributed by atoms with van der Waals surface area (Å²) in [6.45, 7) is 0. The minimum atomic E-state index is 0.448. The van der Waals surface area contributed by atoms with Crippen LogP contribution < -0.4 is 0 Å². The predicted octanol–water partition coefficient (Wildman–Crippen LogP) is 4.28. The SMILES string of the molecule is Oc1ccc(Br)cc1CC1CCCCC1. The molecule has 2 rings (SSSR count). The van der Waals surface area contributed by atoms with E-state index in [9.17, 15) is 5.11 Å². The van der Waals surface area contributed by atoms with Crippen molar-refractivity contribution in [1.82, 2.24) is 0 Å². The number of hydrogen-bond donors (Lipinski definition) is 1. The molecule has 1 aliphatic carbocycles. The molecule has 1 fully saturated rings. The van der Waals surface area contributed by atoms with Crippen LogP contribution in [0.5, 0.6) is 5.75 Å². The quantitative estimate of drug-likeness (QED) is 0.849. The summed E-state index contributed by atoms with van der Waals surface area (Å²) < 4.78 is 1.06. The molecule has 1 nitrogen and oxygen atoms in total. The van der Waals surface area contributed by atoms with Gasteiger partial charge in [-0.2, -0.15) is 0 Å². The van der Waals surface area contributed by atoms with E-state index in [1.807, 2.05) is 12.1 Å². The molecular weight excluding hydrogens is 252 g/mol. The summed E-state index contributed by atoms with van der Waals surface area (Å²) in [5, 5.41) is 9.74. The highest BCUT2D eigenvalue weighted by molar-refractivity contribution is 9.10. The van der Waals surface area contributed by atoms with Gasteiger partial charge in [0.1, 0.15) is 5.75 Å². The Balaban J connectivity index is 2.05. The van der Waals surface area contributed by atoms with Crippen molar-refractivity contribution in [3.63, 3.8) is 0 Å². The average molecular weight is 269 g/mol. The standard InChI is InChI=1S/C13H17BrO/c14-12-6-7-13(15)11(9-12)8-10-4-2-1-3-5-10/h6-7,9-10,15H,1-5,8H2. The zero-order chi connectivity index (χ0) is 10.7. The first-order valence-corrected chi connectivity index (χ1v) is 6.52. The number of phenolic OH excluding ortho intramolecular Hbond substituents is 1. The third-order valence-electron chi connectivity index (χ3n) is 3.27. The lowest BCUT2D eigenvalue weighted by Gasteiger charge is -2.21. The second kappa shape index (κ2) is 5.02. The van der Waals surface area contributed by atoms with E-state index in [-0.39, 0.29) is 0 Å². The van der Waals surface area contributed by atoms with Crippen LogP contribution in [0.4, 0.5) is 0 Å². The molecule has 1 aromatic rings. The number of aromatic hydroxyl groups is 1. The Morgan fingerprint density at radius 2 is 1.93 bits per heavy atom. The van der Waals surface area contributed by atoms with Crippen molar-refractivity contribution in [2.24, 2.45) is 5.92 Å². The van der Waals surface area contributed by atoms with E-state index in [2.05, 4.69) is 15.9 Å². The van der Waals surface area contributed by atoms with Crippen LogP contribution in [0.3, 0.4) is 0 Å². The van der Waals surface area contributed by atoms with Gasteiger partial charge in [-0.05, 0) is 36.1 Å². The highest BCUT2D eigenvalue weighted by Crippen LogP contribution is 2.30. The van der Waals surface area contributed by atoms with Crippen LogP contribution >= 0.6 is 15.9 Å². The van der Waals surface area contributed by atoms with Crippen LogP contribution in [-0.2, 0) is 6.42 Å². The van der Waals surface area contributed by atoms with Crippen molar-refractivity contribution < 1.29 is 5.11 Å². The number of hydrogen-bond acceptors (Lipinski definition) is 1. The van der Waals surface area contributed by atoms with Gasteiger partial charge in [0.05, 0.1) is 0 Å². The van der Waals surface area contributed by atoms with Crippen LogP contribution in [-0.4, -0.2) is 5.11 Å². The molecular formula is C13H17BrO. The largest absolute Gasteiger partial charge is 0.508 e. The predicted molar refractivity (Wildman–Crippen MR) is 66.1 cm³/mol. The molecule has 0 amide bonds. The first-order chi connectivity index (χ1) is 7.25. The normalized spacial score (nSPS) is 17.9. The van der Waals surface area contributed by atoms with Gasteiger partial charge in [0.15, 0.2) is 0 Å². The van der Waals surface area contributed by atoms with Crippen molar-refractivity contribution in [3.8, 4) is 5.75 Å². The van der Waals surface area contributed by atoms with Gasteiger partial charge in [-0.3, -0.25) is 0 Å². The Kier molecular flexibility index (Phi) is 3.68. The molecule has 82 valence electrons. The van der Waals surface area contributed by atoms with Crippen LogP contribution in [0.25, 0.3) is 0 Å². The van der Waals surface area contributed by atoms with Gasteiger partial charge in [-0.25, -0.2) is 0 Å². The van der Waals surface area contributed by atoms with E-state index >= 15 is 0 Å². The number of halogens is 1. The van der Waals surface area contributed by atoms with Gasteiger partial charge >= 0.3 is 0 Å². The first kappa shape index (κ1) is 11.0. The maximum Gasteiger partial charge on any atom is 0.118 e. The Morgan fingerprint density at radius 1 is 1.20 bits per heavy atom. The summed E-state index contributed by atoms with van der Waals surface area (Å²) in [5.41, 5.74) is 1.09. The minimum Gasteiger partial charge on any atom is -0.508 e. The fourth-order valence-electron chi connectivity index (χ4n) is 2.42. The first-order valence-electron chi connectivity index (χ1n) is 5.73. The van der Waals surface area contributed by atoms with Crippen LogP contribution in [0.2, 0.25) is 0 Å². The van der Waals surface area contributed by atoms with Gasteiger partial charge in [0.25, 0.3) is 0 Å². The van der Waals surface area contributed by atoms with Crippen LogP contribution in [0.1, 0.15) is 37.7 Å². The van der Waals surface area contributed by atoms with Crippen molar-refractivity contribution in [2.45, 2.75) is 38.5 Å². The summed E-state index contributed by atoms with van der Waals surface area (Å²) in [7, 11) is 0. The lowest BCUT2D eigenvalue weighted by molar-refractivity contribution is 0.351. The number of benzene rings is 1. The Bertz CT molecular complexity index is 329. The Labute approximate surface area is 99.6 Å². The second-order valence-electron chi connectivity index (χ2n) is 4.48. The molecule has 0 spiro atoms. The number of rotatable bonds is 2. The molecule has 1 N–H and O–H groups in total. The minimum absolute atomic E-state index is 0.448. The fourth-order valence-corrected chi connectivity index (χ4v) is 2.83. The molecule has 1 aromatic carbocycles. The van der Waals surface area contributed by atoms with Crippen molar-refractivity contribution in [3.05, 3.63) is 28.2 Å². The van der Waals surface area contributed by atoms with Crippen molar-refractivity contribution in [2.75, 3.05) is 0 Å². The lowest BCUT2D eigenvalue weighted by Crippen LogP contribution is -2.09. The monoisotopic (exact) mass is 268 g/mol. The number of phenols is 1. The highest BCUT2D eigenvalue weighted by atomic mass is 79.9. The van der Waals surface area contributed by atoms with Crippen LogP contribution in [0, 0.1) is 5.92 Å². The molecule has 1 saturated carbocycles. The van der Waals surface area contributed by atoms with Gasteiger partial charge < -0.3 is 5.11 Å². The molecule has 0 saturated heterocycles. The van der Waals surface area contributed by atoms with E-state index in [1.54, 1.807) is 6.07 Å². The molecule has 0 bridgehead atoms. The molecule has 0 radical (unpaired) electrons. The van der Waals surface area contributed by atoms with Gasteiger partial charge in [0.2, 0.25) is 0 Å². The Hall–Kier alpha value is -0.500. The van der Waals surface area contributed by atoms with E-state index in [4.69, 9.17) is 0 Å². The highest BCUT2D eigenvalue weighted by Gasteiger charge is 2.15. The molecule has 0 heterocycles. The molecule has 2 heteroatoms. The van der Waals surface area contributed by atoms with Gasteiger partial charge in [0, 0.05) is 4.47 Å². The van der Waals surface area contributed by atoms with Gasteiger partial charge in [-0.15, -0.1) is 0 Å². The maximum atomic E-state index is 9.74. The van der Waals surface area contributed by atoms with E-state index in [1.165, 1.54) is 32.1 Å². The van der Waals surface area contributed by atoms with Crippen molar-refractivity contribution in [1.29, 1.82) is 0 Å². The average Bonchev–Trinajstić information content (AvgIpc) is 2.25. The zero-order valence-corrected chi connectivity index (χ0v) is 10.5. The third-order valence-corrected chi connectivity index (χ3v) is 3.77. The topological polar surface area (TPSA) is 20.2 Å². The van der Waals surface area contributed by atoms with E-state index in [0.717, 1.165) is 22.4 Å². The fraction of sp³-hybridized carbons (Fsp3) is 0.538. The third kappa shape index (κ3) is 2.97. The molecule has 15 heavy (non-hydrogen) atoms. The Morgan fingerprint density at radius 3 is 2.67 bits per heavy atom. The summed E-state index contributed by atoms with van der Waals surface area (Å²) in [6.07, 6.45) is 7.79. The van der Waals surface area contributed by atoms with Gasteiger partial charge in [-0.1, -0.05) is 48.0 Å². The van der Waals surface area contributed by atoms with Crippen LogP contribution in [0.15, 0.2) is 22.7 Å². The molecule has 0 aliphatic heterocycles. The second-order valence-corrected chi connectivity index (χ2v) is 5.40. The molecule has 0 atom stereocenters. The summed E-state index contributed by atoms with van der Waals surface area (Å²) >= 11 is 3.45. The van der Waals surface area contributed by atoms with E-state index in [0.29, 0.717) is 5.75 Å². The van der Waals surface area contributed by atoms with Crippen molar-refractivity contribution >= 4 is 15.9 Å². The van der Waals surface area contributed by atoms with E-state index < -0.39 is 0 Å². The summed E-state index contributed by atoms with van der Waals surface area (Å²) in [6, 6.07) is 5.71. The maximum absolute atomic E-state index is 9.74.